The van der Waals surface area contributed by atoms with Gasteiger partial charge >= 0.3 is 0 Å². The Morgan fingerprint density at radius 3 is 2.70 bits per heavy atom. The summed E-state index contributed by atoms with van der Waals surface area (Å²) >= 11 is 0. The zero-order valence-electron chi connectivity index (χ0n) is 17.2. The van der Waals surface area contributed by atoms with E-state index in [1.807, 2.05) is 26.0 Å². The Kier molecular flexibility index (Phi) is 6.56. The number of nitrogens with one attached hydrogen (secondary N) is 2. The third-order valence-electron chi connectivity index (χ3n) is 4.89. The second-order valence-corrected chi connectivity index (χ2v) is 7.04. The average molecular weight is 411 g/mol. The first-order valence-electron chi connectivity index (χ1n) is 9.70. The summed E-state index contributed by atoms with van der Waals surface area (Å²) in [5.74, 6) is -0.123. The van der Waals surface area contributed by atoms with Crippen LogP contribution in [0.4, 0.5) is 5.69 Å². The number of amides is 3. The standard InChI is InChI=1S/C22H25N3O5/c1-14-7-6-10-18(15(14)2)30-16(3)22(28)24-23-20(26)13-25-17-8-4-5-9-19(17)29-12-11-21(25)27/h4-10,16H,11-13H2,1-3H3,(H,23,26)(H,24,28)/t16-/m0/s1. The molecule has 1 heterocycles. The number of fused-ring (bicyclic) bond motifs is 1. The van der Waals surface area contributed by atoms with Gasteiger partial charge in [-0.2, -0.15) is 0 Å². The van der Waals surface area contributed by atoms with Crippen LogP contribution < -0.4 is 25.2 Å². The van der Waals surface area contributed by atoms with Gasteiger partial charge in [0.05, 0.1) is 18.7 Å². The summed E-state index contributed by atoms with van der Waals surface area (Å²) in [7, 11) is 0. The van der Waals surface area contributed by atoms with Gasteiger partial charge in [-0.05, 0) is 50.1 Å². The van der Waals surface area contributed by atoms with E-state index in [4.69, 9.17) is 9.47 Å². The largest absolute Gasteiger partial charge is 0.491 e. The molecule has 0 spiro atoms. The van der Waals surface area contributed by atoms with E-state index >= 15 is 0 Å². The number of hydrazine groups is 1. The van der Waals surface area contributed by atoms with Crippen molar-refractivity contribution in [2.24, 2.45) is 0 Å². The number of anilines is 1. The Balaban J connectivity index is 1.57. The summed E-state index contributed by atoms with van der Waals surface area (Å²) in [6, 6.07) is 12.6. The van der Waals surface area contributed by atoms with Crippen LogP contribution in [-0.2, 0) is 14.4 Å². The van der Waals surface area contributed by atoms with Crippen molar-refractivity contribution in [2.45, 2.75) is 33.3 Å². The SMILES string of the molecule is Cc1cccc(O[C@@H](C)C(=O)NNC(=O)CN2C(=O)CCOc3ccccc32)c1C. The Bertz CT molecular complexity index is 960. The number of hydrogen-bond acceptors (Lipinski definition) is 5. The molecule has 0 radical (unpaired) electrons. The lowest BCUT2D eigenvalue weighted by Gasteiger charge is -2.22. The van der Waals surface area contributed by atoms with E-state index in [0.29, 0.717) is 17.2 Å². The molecule has 0 aliphatic carbocycles. The lowest BCUT2D eigenvalue weighted by Crippen LogP contribution is -2.50. The Labute approximate surface area is 175 Å². The molecule has 2 aromatic rings. The third kappa shape index (κ3) is 4.89. The maximum Gasteiger partial charge on any atom is 0.279 e. The van der Waals surface area contributed by atoms with Crippen LogP contribution in [0, 0.1) is 13.8 Å². The van der Waals surface area contributed by atoms with Crippen LogP contribution in [0.2, 0.25) is 0 Å². The lowest BCUT2D eigenvalue weighted by molar-refractivity contribution is -0.132. The minimum Gasteiger partial charge on any atom is -0.491 e. The first kappa shape index (κ1) is 21.2. The van der Waals surface area contributed by atoms with E-state index in [1.54, 1.807) is 37.3 Å². The van der Waals surface area contributed by atoms with Crippen LogP contribution in [0.1, 0.15) is 24.5 Å². The summed E-state index contributed by atoms with van der Waals surface area (Å²) in [5, 5.41) is 0. The van der Waals surface area contributed by atoms with Crippen LogP contribution in [0.15, 0.2) is 42.5 Å². The number of nitrogens with zero attached hydrogens (tertiary/aromatic N) is 1. The molecule has 2 N–H and O–H groups in total. The van der Waals surface area contributed by atoms with Gasteiger partial charge in [-0.15, -0.1) is 0 Å². The van der Waals surface area contributed by atoms with Crippen molar-refractivity contribution in [2.75, 3.05) is 18.1 Å². The van der Waals surface area contributed by atoms with Gasteiger partial charge in [-0.1, -0.05) is 24.3 Å². The molecule has 3 amide bonds. The number of rotatable bonds is 5. The van der Waals surface area contributed by atoms with Crippen molar-refractivity contribution in [3.05, 3.63) is 53.6 Å². The minimum absolute atomic E-state index is 0.162. The van der Waals surface area contributed by atoms with Gasteiger partial charge in [0.1, 0.15) is 18.0 Å². The topological polar surface area (TPSA) is 97.0 Å². The van der Waals surface area contributed by atoms with Gasteiger partial charge in [0.15, 0.2) is 6.10 Å². The smallest absolute Gasteiger partial charge is 0.279 e. The fraction of sp³-hybridized carbons (Fsp3) is 0.318. The molecular formula is C22H25N3O5. The van der Waals surface area contributed by atoms with Gasteiger partial charge in [0.2, 0.25) is 5.91 Å². The average Bonchev–Trinajstić information content (AvgIpc) is 2.88. The molecule has 0 saturated carbocycles. The van der Waals surface area contributed by atoms with Crippen LogP contribution in [0.25, 0.3) is 0 Å². The van der Waals surface area contributed by atoms with Crippen LogP contribution >= 0.6 is 0 Å². The molecule has 30 heavy (non-hydrogen) atoms. The van der Waals surface area contributed by atoms with E-state index in [9.17, 15) is 14.4 Å². The first-order valence-corrected chi connectivity index (χ1v) is 9.70. The Morgan fingerprint density at radius 1 is 1.13 bits per heavy atom. The quantitative estimate of drug-likeness (QED) is 0.734. The predicted molar refractivity (Wildman–Crippen MR) is 111 cm³/mol. The third-order valence-corrected chi connectivity index (χ3v) is 4.89. The maximum atomic E-state index is 12.4. The van der Waals surface area contributed by atoms with Gasteiger partial charge in [-0.25, -0.2) is 0 Å². The molecule has 3 rings (SSSR count). The molecular weight excluding hydrogens is 386 g/mol. The normalized spacial score (nSPS) is 14.1. The molecule has 8 heteroatoms. The Hall–Kier alpha value is -3.55. The van der Waals surface area contributed by atoms with Crippen molar-refractivity contribution in [3.8, 4) is 11.5 Å². The van der Waals surface area contributed by atoms with E-state index in [2.05, 4.69) is 10.9 Å². The van der Waals surface area contributed by atoms with Crippen LogP contribution in [0.5, 0.6) is 11.5 Å². The van der Waals surface area contributed by atoms with E-state index in [0.717, 1.165) is 11.1 Å². The van der Waals surface area contributed by atoms with Crippen LogP contribution in [-0.4, -0.2) is 37.0 Å². The molecule has 158 valence electrons. The lowest BCUT2D eigenvalue weighted by atomic mass is 10.1. The number of carbonyl (C=O) groups excluding carboxylic acids is 3. The molecule has 0 aromatic heterocycles. The highest BCUT2D eigenvalue weighted by Crippen LogP contribution is 2.30. The summed E-state index contributed by atoms with van der Waals surface area (Å²) in [6.45, 7) is 5.47. The fourth-order valence-corrected chi connectivity index (χ4v) is 3.01. The predicted octanol–water partition coefficient (Wildman–Crippen LogP) is 2.03. The number of para-hydroxylation sites is 2. The second-order valence-electron chi connectivity index (χ2n) is 7.04. The zero-order valence-corrected chi connectivity index (χ0v) is 17.2. The highest BCUT2D eigenvalue weighted by Gasteiger charge is 2.25. The summed E-state index contributed by atoms with van der Waals surface area (Å²) in [5.41, 5.74) is 7.21. The highest BCUT2D eigenvalue weighted by molar-refractivity contribution is 6.00. The van der Waals surface area contributed by atoms with Crippen molar-refractivity contribution >= 4 is 23.4 Å². The molecule has 0 bridgehead atoms. The first-order chi connectivity index (χ1) is 14.4. The highest BCUT2D eigenvalue weighted by atomic mass is 16.5. The maximum absolute atomic E-state index is 12.4. The number of carbonyl (C=O) groups is 3. The Morgan fingerprint density at radius 2 is 1.90 bits per heavy atom. The molecule has 2 aromatic carbocycles. The van der Waals surface area contributed by atoms with Gasteiger partial charge in [-0.3, -0.25) is 30.1 Å². The van der Waals surface area contributed by atoms with Gasteiger partial charge < -0.3 is 9.47 Å². The number of aryl methyl sites for hydroxylation is 1. The van der Waals surface area contributed by atoms with Crippen molar-refractivity contribution in [1.29, 1.82) is 0 Å². The summed E-state index contributed by atoms with van der Waals surface area (Å²) < 4.78 is 11.3. The van der Waals surface area contributed by atoms with E-state index in [-0.39, 0.29) is 25.5 Å². The molecule has 1 aliphatic heterocycles. The summed E-state index contributed by atoms with van der Waals surface area (Å²) in [4.78, 5) is 38.4. The number of hydrogen-bond donors (Lipinski definition) is 2. The molecule has 0 saturated heterocycles. The van der Waals surface area contributed by atoms with Crippen molar-refractivity contribution < 1.29 is 23.9 Å². The van der Waals surface area contributed by atoms with E-state index < -0.39 is 17.9 Å². The molecule has 0 unspecified atom stereocenters. The second kappa shape index (κ2) is 9.30. The van der Waals surface area contributed by atoms with Gasteiger partial charge in [0.25, 0.3) is 11.8 Å². The molecule has 1 atom stereocenters. The van der Waals surface area contributed by atoms with E-state index in [1.165, 1.54) is 4.90 Å². The molecule has 0 fully saturated rings. The van der Waals surface area contributed by atoms with Gasteiger partial charge in [0, 0.05) is 0 Å². The number of benzene rings is 2. The van der Waals surface area contributed by atoms with Crippen molar-refractivity contribution in [1.82, 2.24) is 10.9 Å². The number of ether oxygens (including phenoxy) is 2. The summed E-state index contributed by atoms with van der Waals surface area (Å²) in [6.07, 6.45) is -0.658. The fourth-order valence-electron chi connectivity index (χ4n) is 3.01. The molecule has 1 aliphatic rings. The van der Waals surface area contributed by atoms with Crippen molar-refractivity contribution in [3.63, 3.8) is 0 Å². The zero-order chi connectivity index (χ0) is 21.7. The monoisotopic (exact) mass is 411 g/mol. The molecule has 8 nitrogen and oxygen atoms in total. The minimum atomic E-state index is -0.820. The van der Waals surface area contributed by atoms with Crippen LogP contribution in [0.3, 0.4) is 0 Å².